The maximum absolute atomic E-state index is 12.7. The van der Waals surface area contributed by atoms with Crippen molar-refractivity contribution in [1.29, 1.82) is 0 Å². The molecule has 2 rings (SSSR count). The van der Waals surface area contributed by atoms with Gasteiger partial charge in [0.2, 0.25) is 0 Å². The van der Waals surface area contributed by atoms with Crippen LogP contribution in [-0.2, 0) is 12.4 Å². The van der Waals surface area contributed by atoms with Crippen molar-refractivity contribution in [2.45, 2.75) is 12.4 Å². The first-order chi connectivity index (χ1) is 8.60. The molecule has 102 valence electrons. The number of fused-ring (bicyclic) bond motifs is 1. The van der Waals surface area contributed by atoms with E-state index in [0.717, 1.165) is 6.07 Å². The minimum absolute atomic E-state index is 0.0252. The monoisotopic (exact) mass is 343 g/mol. The smallest absolute Gasteiger partial charge is 0.243 e. The number of para-hydroxylation sites is 1. The molecule has 1 aromatic carbocycles. The Bertz CT molecular complexity index is 631. The van der Waals surface area contributed by atoms with Crippen LogP contribution in [0.1, 0.15) is 11.3 Å². The van der Waals surface area contributed by atoms with Crippen LogP contribution in [0.25, 0.3) is 10.9 Å². The summed E-state index contributed by atoms with van der Waals surface area (Å²) in [4.78, 5) is 3.10. The van der Waals surface area contributed by atoms with Crippen LogP contribution in [0.2, 0.25) is 0 Å². The highest BCUT2D eigenvalue weighted by atomic mass is 79.9. The zero-order valence-corrected chi connectivity index (χ0v) is 10.5. The number of benzene rings is 1. The zero-order valence-electron chi connectivity index (χ0n) is 8.90. The molecule has 1 nitrogen and oxygen atoms in total. The van der Waals surface area contributed by atoms with E-state index in [4.69, 9.17) is 0 Å². The van der Waals surface area contributed by atoms with Gasteiger partial charge in [-0.15, -0.1) is 0 Å². The molecule has 0 spiro atoms. The topological polar surface area (TPSA) is 12.9 Å². The van der Waals surface area contributed by atoms with E-state index in [-0.39, 0.29) is 9.86 Å². The lowest BCUT2D eigenvalue weighted by atomic mass is 10.1. The number of nitrogens with zero attached hydrogens (tertiary/aromatic N) is 1. The van der Waals surface area contributed by atoms with Crippen molar-refractivity contribution >= 4 is 26.8 Å². The van der Waals surface area contributed by atoms with Crippen LogP contribution >= 0.6 is 15.9 Å². The summed E-state index contributed by atoms with van der Waals surface area (Å²) in [6.07, 6.45) is -9.58. The fraction of sp³-hybridized carbons (Fsp3) is 0.182. The minimum atomic E-state index is -4.81. The summed E-state index contributed by atoms with van der Waals surface area (Å²) < 4.78 is 75.8. The van der Waals surface area contributed by atoms with Crippen LogP contribution in [0.15, 0.2) is 28.7 Å². The van der Waals surface area contributed by atoms with Crippen LogP contribution in [0, 0.1) is 0 Å². The number of hydrogen-bond donors (Lipinski definition) is 0. The Morgan fingerprint density at radius 3 is 2.11 bits per heavy atom. The van der Waals surface area contributed by atoms with Crippen molar-refractivity contribution in [1.82, 2.24) is 4.98 Å². The quantitative estimate of drug-likeness (QED) is 0.611. The molecule has 0 aliphatic heterocycles. The predicted molar refractivity (Wildman–Crippen MR) is 59.4 cm³/mol. The number of hydrogen-bond acceptors (Lipinski definition) is 1. The molecule has 0 amide bonds. The van der Waals surface area contributed by atoms with E-state index in [9.17, 15) is 26.3 Å². The molecule has 0 N–H and O–H groups in total. The number of halogens is 7. The molecule has 0 bridgehead atoms. The summed E-state index contributed by atoms with van der Waals surface area (Å²) in [6.45, 7) is 0. The lowest BCUT2D eigenvalue weighted by Crippen LogP contribution is -2.11. The summed E-state index contributed by atoms with van der Waals surface area (Å²) in [6, 6.07) is 3.73. The van der Waals surface area contributed by atoms with Crippen LogP contribution in [0.3, 0.4) is 0 Å². The van der Waals surface area contributed by atoms with Crippen molar-refractivity contribution in [3.05, 3.63) is 40.0 Å². The van der Waals surface area contributed by atoms with Crippen molar-refractivity contribution in [3.63, 3.8) is 0 Å². The third-order valence-corrected chi connectivity index (χ3v) is 3.04. The molecule has 0 unspecified atom stereocenters. The molecule has 2 aromatic rings. The molecule has 0 fully saturated rings. The number of rotatable bonds is 0. The van der Waals surface area contributed by atoms with Crippen molar-refractivity contribution in [2.75, 3.05) is 0 Å². The molecule has 0 saturated carbocycles. The highest BCUT2D eigenvalue weighted by molar-refractivity contribution is 9.10. The van der Waals surface area contributed by atoms with Crippen molar-refractivity contribution in [2.24, 2.45) is 0 Å². The SMILES string of the molecule is FC(F)(F)c1cc(Br)c2cccc(C(F)(F)F)c2n1. The number of pyridine rings is 1. The lowest BCUT2D eigenvalue weighted by molar-refractivity contribution is -0.142. The molecular weight excluding hydrogens is 340 g/mol. The summed E-state index contributed by atoms with van der Waals surface area (Å²) in [7, 11) is 0. The molecule has 0 atom stereocenters. The maximum Gasteiger partial charge on any atom is 0.433 e. The first kappa shape index (κ1) is 14.1. The third kappa shape index (κ3) is 2.68. The molecule has 1 heterocycles. The Labute approximate surface area is 111 Å². The molecular formula is C11H4BrF6N. The first-order valence-corrected chi connectivity index (χ1v) is 5.63. The fourth-order valence-electron chi connectivity index (χ4n) is 1.58. The van der Waals surface area contributed by atoms with E-state index >= 15 is 0 Å². The lowest BCUT2D eigenvalue weighted by Gasteiger charge is -2.13. The van der Waals surface area contributed by atoms with E-state index in [1.54, 1.807) is 0 Å². The number of alkyl halides is 6. The summed E-state index contributed by atoms with van der Waals surface area (Å²) in [5, 5.41) is -0.0252. The Kier molecular flexibility index (Phi) is 3.24. The average Bonchev–Trinajstić information content (AvgIpc) is 2.25. The second-order valence-electron chi connectivity index (χ2n) is 3.69. The van der Waals surface area contributed by atoms with Gasteiger partial charge in [-0.05, 0) is 12.1 Å². The van der Waals surface area contributed by atoms with Gasteiger partial charge in [0.05, 0.1) is 11.1 Å². The summed E-state index contributed by atoms with van der Waals surface area (Å²) in [5.41, 5.74) is -3.29. The summed E-state index contributed by atoms with van der Waals surface area (Å²) >= 11 is 2.83. The van der Waals surface area contributed by atoms with Crippen molar-refractivity contribution in [3.8, 4) is 0 Å². The van der Waals surface area contributed by atoms with Gasteiger partial charge in [0.15, 0.2) is 0 Å². The second kappa shape index (κ2) is 4.36. The maximum atomic E-state index is 12.7. The Morgan fingerprint density at radius 1 is 0.947 bits per heavy atom. The van der Waals surface area contributed by atoms with E-state index < -0.39 is 29.1 Å². The van der Waals surface area contributed by atoms with Gasteiger partial charge in [-0.1, -0.05) is 28.1 Å². The molecule has 19 heavy (non-hydrogen) atoms. The van der Waals surface area contributed by atoms with Gasteiger partial charge < -0.3 is 0 Å². The molecule has 0 aliphatic carbocycles. The van der Waals surface area contributed by atoms with Gasteiger partial charge in [0.25, 0.3) is 0 Å². The predicted octanol–water partition coefficient (Wildman–Crippen LogP) is 5.03. The standard InChI is InChI=1S/C11H4BrF6N/c12-7-4-8(11(16,17)18)19-9-5(7)2-1-3-6(9)10(13,14)15/h1-4H. The highest BCUT2D eigenvalue weighted by Gasteiger charge is 2.37. The highest BCUT2D eigenvalue weighted by Crippen LogP contribution is 2.38. The van der Waals surface area contributed by atoms with E-state index in [1.807, 2.05) is 0 Å². The molecule has 0 aliphatic rings. The van der Waals surface area contributed by atoms with Crippen LogP contribution in [0.5, 0.6) is 0 Å². The first-order valence-electron chi connectivity index (χ1n) is 4.84. The summed E-state index contributed by atoms with van der Waals surface area (Å²) in [5.74, 6) is 0. The van der Waals surface area contributed by atoms with Crippen molar-refractivity contribution < 1.29 is 26.3 Å². The molecule has 8 heteroatoms. The zero-order chi connectivity index (χ0) is 14.4. The van der Waals surface area contributed by atoms with Crippen LogP contribution in [0.4, 0.5) is 26.3 Å². The van der Waals surface area contributed by atoms with Gasteiger partial charge in [-0.2, -0.15) is 26.3 Å². The van der Waals surface area contributed by atoms with E-state index in [2.05, 4.69) is 20.9 Å². The van der Waals surface area contributed by atoms with Gasteiger partial charge in [-0.25, -0.2) is 4.98 Å². The normalized spacial score (nSPS) is 13.0. The largest absolute Gasteiger partial charge is 0.433 e. The molecule has 1 aromatic heterocycles. The fourth-order valence-corrected chi connectivity index (χ4v) is 2.12. The van der Waals surface area contributed by atoms with Gasteiger partial charge in [0, 0.05) is 9.86 Å². The second-order valence-corrected chi connectivity index (χ2v) is 4.54. The third-order valence-electron chi connectivity index (χ3n) is 2.38. The average molecular weight is 344 g/mol. The van der Waals surface area contributed by atoms with E-state index in [0.29, 0.717) is 12.1 Å². The Hall–Kier alpha value is -1.31. The Morgan fingerprint density at radius 2 is 1.58 bits per heavy atom. The Balaban J connectivity index is 2.84. The van der Waals surface area contributed by atoms with Gasteiger partial charge in [0.1, 0.15) is 5.69 Å². The van der Waals surface area contributed by atoms with Crippen LogP contribution < -0.4 is 0 Å². The van der Waals surface area contributed by atoms with Crippen LogP contribution in [-0.4, -0.2) is 4.98 Å². The molecule has 0 saturated heterocycles. The number of aromatic nitrogens is 1. The van der Waals surface area contributed by atoms with Gasteiger partial charge >= 0.3 is 12.4 Å². The minimum Gasteiger partial charge on any atom is -0.243 e. The van der Waals surface area contributed by atoms with Gasteiger partial charge in [-0.3, -0.25) is 0 Å². The molecule has 0 radical (unpaired) electrons. The van der Waals surface area contributed by atoms with E-state index in [1.165, 1.54) is 6.07 Å².